The van der Waals surface area contributed by atoms with Crippen LogP contribution in [0.1, 0.15) is 29.2 Å². The first kappa shape index (κ1) is 11.2. The number of hydrogen-bond acceptors (Lipinski definition) is 5. The van der Waals surface area contributed by atoms with Gasteiger partial charge in [0.15, 0.2) is 0 Å². The van der Waals surface area contributed by atoms with Crippen LogP contribution in [0.4, 0.5) is 0 Å². The molecule has 5 heteroatoms. The highest BCUT2D eigenvalue weighted by Gasteiger charge is 2.15. The minimum atomic E-state index is 0.0937. The van der Waals surface area contributed by atoms with Crippen LogP contribution in [-0.2, 0) is 0 Å². The summed E-state index contributed by atoms with van der Waals surface area (Å²) in [6, 6.07) is 0.0937. The number of hydrogen-bond donors (Lipinski definition) is 1. The molecular formula is C11H14N4S. The molecule has 2 rings (SSSR count). The molecule has 0 amide bonds. The number of nitrogens with zero attached hydrogens (tertiary/aromatic N) is 3. The van der Waals surface area contributed by atoms with Crippen molar-refractivity contribution in [3.63, 3.8) is 0 Å². The van der Waals surface area contributed by atoms with Crippen LogP contribution in [0.5, 0.6) is 0 Å². The van der Waals surface area contributed by atoms with E-state index in [1.807, 2.05) is 19.3 Å². The van der Waals surface area contributed by atoms with E-state index in [-0.39, 0.29) is 6.04 Å². The second kappa shape index (κ2) is 5.14. The van der Waals surface area contributed by atoms with Crippen molar-refractivity contribution in [2.45, 2.75) is 19.9 Å². The van der Waals surface area contributed by atoms with Gasteiger partial charge in [-0.25, -0.2) is 15.0 Å². The van der Waals surface area contributed by atoms with Gasteiger partial charge in [0.25, 0.3) is 0 Å². The van der Waals surface area contributed by atoms with Gasteiger partial charge in [0, 0.05) is 23.3 Å². The van der Waals surface area contributed by atoms with E-state index in [9.17, 15) is 0 Å². The van der Waals surface area contributed by atoms with E-state index in [1.54, 1.807) is 17.7 Å². The lowest BCUT2D eigenvalue weighted by Crippen LogP contribution is -2.22. The Morgan fingerprint density at radius 1 is 1.38 bits per heavy atom. The first-order valence-electron chi connectivity index (χ1n) is 5.21. The fraction of sp³-hybridized carbons (Fsp3) is 0.364. The predicted molar refractivity (Wildman–Crippen MR) is 64.4 cm³/mol. The van der Waals surface area contributed by atoms with Crippen LogP contribution < -0.4 is 5.32 Å². The molecule has 1 unspecified atom stereocenters. The van der Waals surface area contributed by atoms with Gasteiger partial charge in [-0.2, -0.15) is 0 Å². The molecule has 2 aromatic heterocycles. The lowest BCUT2D eigenvalue weighted by Gasteiger charge is -2.14. The monoisotopic (exact) mass is 234 g/mol. The molecule has 0 bridgehead atoms. The van der Waals surface area contributed by atoms with Crippen molar-refractivity contribution in [2.24, 2.45) is 0 Å². The molecule has 16 heavy (non-hydrogen) atoms. The topological polar surface area (TPSA) is 50.7 Å². The lowest BCUT2D eigenvalue weighted by molar-refractivity contribution is 0.613. The zero-order valence-electron chi connectivity index (χ0n) is 9.34. The summed E-state index contributed by atoms with van der Waals surface area (Å²) in [6.45, 7) is 4.98. The van der Waals surface area contributed by atoms with Gasteiger partial charge in [0.05, 0.1) is 16.7 Å². The van der Waals surface area contributed by atoms with Crippen molar-refractivity contribution in [3.8, 4) is 0 Å². The molecule has 0 aliphatic rings. The van der Waals surface area contributed by atoms with Crippen molar-refractivity contribution >= 4 is 11.3 Å². The number of rotatable bonds is 4. The highest BCUT2D eigenvalue weighted by molar-refractivity contribution is 7.09. The first-order valence-corrected chi connectivity index (χ1v) is 6.09. The third-order valence-corrected chi connectivity index (χ3v) is 3.05. The molecule has 4 nitrogen and oxygen atoms in total. The fourth-order valence-electron chi connectivity index (χ4n) is 1.57. The molecule has 0 aliphatic carbocycles. The van der Waals surface area contributed by atoms with E-state index in [2.05, 4.69) is 32.6 Å². The minimum Gasteiger partial charge on any atom is -0.305 e. The number of aromatic nitrogens is 3. The standard InChI is InChI=1S/C11H14N4S/c1-3-14-11(9-4-12-7-13-5-9)10-6-16-8(2)15-10/h4-7,11,14H,3H2,1-2H3. The van der Waals surface area contributed by atoms with Crippen LogP contribution in [-0.4, -0.2) is 21.5 Å². The second-order valence-corrected chi connectivity index (χ2v) is 4.52. The van der Waals surface area contributed by atoms with E-state index in [4.69, 9.17) is 0 Å². The van der Waals surface area contributed by atoms with Crippen LogP contribution in [0.15, 0.2) is 24.1 Å². The van der Waals surface area contributed by atoms with Crippen molar-refractivity contribution in [2.75, 3.05) is 6.54 Å². The van der Waals surface area contributed by atoms with Crippen molar-refractivity contribution < 1.29 is 0 Å². The van der Waals surface area contributed by atoms with Crippen LogP contribution in [0, 0.1) is 6.92 Å². The molecule has 0 aromatic carbocycles. The van der Waals surface area contributed by atoms with Gasteiger partial charge in [-0.1, -0.05) is 6.92 Å². The van der Waals surface area contributed by atoms with Gasteiger partial charge in [-0.15, -0.1) is 11.3 Å². The summed E-state index contributed by atoms with van der Waals surface area (Å²) in [7, 11) is 0. The van der Waals surface area contributed by atoms with Crippen molar-refractivity contribution in [3.05, 3.63) is 40.4 Å². The molecule has 84 valence electrons. The molecule has 2 heterocycles. The summed E-state index contributed by atoms with van der Waals surface area (Å²) in [5.41, 5.74) is 2.09. The Morgan fingerprint density at radius 2 is 2.12 bits per heavy atom. The van der Waals surface area contributed by atoms with Crippen LogP contribution in [0.25, 0.3) is 0 Å². The number of aryl methyl sites for hydroxylation is 1. The molecule has 0 radical (unpaired) electrons. The Labute approximate surface area is 98.8 Å². The summed E-state index contributed by atoms with van der Waals surface area (Å²) in [5.74, 6) is 0. The third kappa shape index (κ3) is 2.43. The summed E-state index contributed by atoms with van der Waals surface area (Å²) in [6.07, 6.45) is 5.20. The molecule has 0 spiro atoms. The highest BCUT2D eigenvalue weighted by atomic mass is 32.1. The van der Waals surface area contributed by atoms with Gasteiger partial charge in [0.1, 0.15) is 6.33 Å². The Kier molecular flexibility index (Phi) is 3.58. The van der Waals surface area contributed by atoms with Crippen molar-refractivity contribution in [1.29, 1.82) is 0 Å². The molecular weight excluding hydrogens is 220 g/mol. The predicted octanol–water partition coefficient (Wildman–Crippen LogP) is 1.94. The average Bonchev–Trinajstić information content (AvgIpc) is 2.74. The van der Waals surface area contributed by atoms with Gasteiger partial charge < -0.3 is 5.32 Å². The second-order valence-electron chi connectivity index (χ2n) is 3.45. The zero-order valence-corrected chi connectivity index (χ0v) is 10.2. The summed E-state index contributed by atoms with van der Waals surface area (Å²) in [5, 5.41) is 6.55. The Balaban J connectivity index is 2.31. The van der Waals surface area contributed by atoms with Gasteiger partial charge in [-0.05, 0) is 13.5 Å². The van der Waals surface area contributed by atoms with Crippen LogP contribution >= 0.6 is 11.3 Å². The highest BCUT2D eigenvalue weighted by Crippen LogP contribution is 2.22. The van der Waals surface area contributed by atoms with Gasteiger partial charge >= 0.3 is 0 Å². The SMILES string of the molecule is CCNC(c1cncnc1)c1csc(C)n1. The third-order valence-electron chi connectivity index (χ3n) is 2.25. The first-order chi connectivity index (χ1) is 7.81. The van der Waals surface area contributed by atoms with E-state index < -0.39 is 0 Å². The van der Waals surface area contributed by atoms with E-state index in [0.29, 0.717) is 0 Å². The Hall–Kier alpha value is -1.33. The minimum absolute atomic E-state index is 0.0937. The molecule has 0 saturated heterocycles. The normalized spacial score (nSPS) is 12.6. The van der Waals surface area contributed by atoms with Crippen LogP contribution in [0.3, 0.4) is 0 Å². The molecule has 1 atom stereocenters. The Morgan fingerprint density at radius 3 is 2.69 bits per heavy atom. The molecule has 0 saturated carbocycles. The average molecular weight is 234 g/mol. The number of thiazole rings is 1. The summed E-state index contributed by atoms with van der Waals surface area (Å²) in [4.78, 5) is 12.6. The lowest BCUT2D eigenvalue weighted by atomic mass is 10.1. The number of nitrogens with one attached hydrogen (secondary N) is 1. The zero-order chi connectivity index (χ0) is 11.4. The maximum Gasteiger partial charge on any atom is 0.115 e. The van der Waals surface area contributed by atoms with Gasteiger partial charge in [-0.3, -0.25) is 0 Å². The quantitative estimate of drug-likeness (QED) is 0.878. The maximum atomic E-state index is 4.51. The largest absolute Gasteiger partial charge is 0.305 e. The smallest absolute Gasteiger partial charge is 0.115 e. The van der Waals surface area contributed by atoms with E-state index in [0.717, 1.165) is 22.8 Å². The van der Waals surface area contributed by atoms with Crippen molar-refractivity contribution in [1.82, 2.24) is 20.3 Å². The van der Waals surface area contributed by atoms with Crippen LogP contribution in [0.2, 0.25) is 0 Å². The van der Waals surface area contributed by atoms with E-state index >= 15 is 0 Å². The summed E-state index contributed by atoms with van der Waals surface area (Å²) < 4.78 is 0. The summed E-state index contributed by atoms with van der Waals surface area (Å²) >= 11 is 1.66. The molecule has 0 aliphatic heterocycles. The molecule has 0 fully saturated rings. The van der Waals surface area contributed by atoms with Gasteiger partial charge in [0.2, 0.25) is 0 Å². The maximum absolute atomic E-state index is 4.51. The fourth-order valence-corrected chi connectivity index (χ4v) is 2.21. The Bertz CT molecular complexity index is 440. The molecule has 2 aromatic rings. The molecule has 1 N–H and O–H groups in total. The van der Waals surface area contributed by atoms with E-state index in [1.165, 1.54) is 0 Å².